The lowest BCUT2D eigenvalue weighted by Gasteiger charge is -2.18. The van der Waals surface area contributed by atoms with Crippen molar-refractivity contribution in [1.29, 1.82) is 0 Å². The number of ether oxygens (including phenoxy) is 1. The first-order valence-electron chi connectivity index (χ1n) is 10.0. The molecule has 0 saturated carbocycles. The van der Waals surface area contributed by atoms with E-state index in [1.54, 1.807) is 17.8 Å². The summed E-state index contributed by atoms with van der Waals surface area (Å²) in [6, 6.07) is 13.9. The molecule has 2 N–H and O–H groups in total. The van der Waals surface area contributed by atoms with Crippen molar-refractivity contribution < 1.29 is 9.84 Å². The minimum absolute atomic E-state index is 0.241. The van der Waals surface area contributed by atoms with E-state index >= 15 is 0 Å². The van der Waals surface area contributed by atoms with E-state index in [4.69, 9.17) is 4.74 Å². The Bertz CT molecular complexity index is 1370. The van der Waals surface area contributed by atoms with Crippen LogP contribution in [0.2, 0.25) is 0 Å². The molecule has 3 heterocycles. The molecular formula is C22H21N5O4. The van der Waals surface area contributed by atoms with Crippen LogP contribution in [0, 0.1) is 6.92 Å². The molecule has 0 unspecified atom stereocenters. The summed E-state index contributed by atoms with van der Waals surface area (Å²) < 4.78 is 9.07. The lowest BCUT2D eigenvalue weighted by Crippen LogP contribution is -2.33. The molecule has 2 aromatic heterocycles. The first-order chi connectivity index (χ1) is 15.0. The highest BCUT2D eigenvalue weighted by Crippen LogP contribution is 2.38. The van der Waals surface area contributed by atoms with Gasteiger partial charge in [-0.1, -0.05) is 41.6 Å². The quantitative estimate of drug-likeness (QED) is 0.521. The number of rotatable bonds is 4. The Balaban J connectivity index is 1.52. The number of nitrogens with one attached hydrogen (secondary N) is 1. The molecule has 3 atom stereocenters. The van der Waals surface area contributed by atoms with E-state index in [1.807, 2.05) is 30.3 Å². The molecule has 4 aromatic rings. The van der Waals surface area contributed by atoms with Crippen LogP contribution in [0.1, 0.15) is 24.3 Å². The zero-order valence-corrected chi connectivity index (χ0v) is 16.8. The van der Waals surface area contributed by atoms with Crippen molar-refractivity contribution in [3.63, 3.8) is 0 Å². The molecular weight excluding hydrogens is 398 g/mol. The standard InChI is InChI=1S/C22H21N5O4/c1-13-11-26(22(30)24-21(13)29)20-9-17(19(12-28)31-20)27-18(10-23-25-27)16-7-6-14-4-2-3-5-15(14)8-16/h2-8,10-11,17,19-20,28H,9,12H2,1H3,(H,24,29,30)/t17-,19+,20+/m0/s1. The molecule has 1 aliphatic rings. The average molecular weight is 419 g/mol. The highest BCUT2D eigenvalue weighted by molar-refractivity contribution is 5.86. The SMILES string of the molecule is Cc1cn([C@H]2C[C@H](n3nncc3-c3ccc4ccccc4c3)[C@@H](CO)O2)c(=O)[nH]c1=O. The van der Waals surface area contributed by atoms with Gasteiger partial charge in [0, 0.05) is 23.7 Å². The summed E-state index contributed by atoms with van der Waals surface area (Å²) in [5.41, 5.74) is 1.17. The maximum Gasteiger partial charge on any atom is 0.330 e. The smallest absolute Gasteiger partial charge is 0.330 e. The van der Waals surface area contributed by atoms with Crippen molar-refractivity contribution in [3.05, 3.63) is 81.3 Å². The number of aliphatic hydroxyl groups is 1. The fraction of sp³-hybridized carbons (Fsp3) is 0.273. The molecule has 2 aromatic carbocycles. The molecule has 0 amide bonds. The third-order valence-corrected chi connectivity index (χ3v) is 5.77. The van der Waals surface area contributed by atoms with Crippen molar-refractivity contribution in [1.82, 2.24) is 24.5 Å². The van der Waals surface area contributed by atoms with Crippen molar-refractivity contribution in [3.8, 4) is 11.3 Å². The minimum Gasteiger partial charge on any atom is -0.394 e. The molecule has 0 spiro atoms. The van der Waals surface area contributed by atoms with Gasteiger partial charge in [0.05, 0.1) is 24.5 Å². The van der Waals surface area contributed by atoms with Crippen LogP contribution in [0.15, 0.2) is 64.4 Å². The van der Waals surface area contributed by atoms with E-state index in [0.717, 1.165) is 22.0 Å². The first-order valence-corrected chi connectivity index (χ1v) is 10.0. The second-order valence-electron chi connectivity index (χ2n) is 7.72. The van der Waals surface area contributed by atoms with Crippen LogP contribution >= 0.6 is 0 Å². The molecule has 1 aliphatic heterocycles. The van der Waals surface area contributed by atoms with E-state index in [0.29, 0.717) is 12.0 Å². The van der Waals surface area contributed by atoms with Gasteiger partial charge < -0.3 is 9.84 Å². The Morgan fingerprint density at radius 2 is 2.00 bits per heavy atom. The highest BCUT2D eigenvalue weighted by atomic mass is 16.5. The van der Waals surface area contributed by atoms with Gasteiger partial charge in [-0.15, -0.1) is 5.10 Å². The van der Waals surface area contributed by atoms with Gasteiger partial charge in [0.1, 0.15) is 12.3 Å². The average Bonchev–Trinajstić information content (AvgIpc) is 3.42. The van der Waals surface area contributed by atoms with E-state index in [1.165, 1.54) is 10.8 Å². The number of fused-ring (bicyclic) bond motifs is 1. The Morgan fingerprint density at radius 1 is 1.19 bits per heavy atom. The third-order valence-electron chi connectivity index (χ3n) is 5.77. The van der Waals surface area contributed by atoms with E-state index in [-0.39, 0.29) is 12.6 Å². The summed E-state index contributed by atoms with van der Waals surface area (Å²) in [7, 11) is 0. The zero-order chi connectivity index (χ0) is 21.5. The Hall–Kier alpha value is -3.56. The number of nitrogens with zero attached hydrogens (tertiary/aromatic N) is 4. The lowest BCUT2D eigenvalue weighted by atomic mass is 10.0. The van der Waals surface area contributed by atoms with Crippen molar-refractivity contribution >= 4 is 10.8 Å². The third kappa shape index (κ3) is 3.37. The van der Waals surface area contributed by atoms with E-state index < -0.39 is 23.6 Å². The maximum absolute atomic E-state index is 12.3. The highest BCUT2D eigenvalue weighted by Gasteiger charge is 2.39. The van der Waals surface area contributed by atoms with Crippen molar-refractivity contribution in [2.75, 3.05) is 6.61 Å². The van der Waals surface area contributed by atoms with E-state index in [9.17, 15) is 14.7 Å². The van der Waals surface area contributed by atoms with Gasteiger partial charge in [-0.05, 0) is 23.8 Å². The largest absolute Gasteiger partial charge is 0.394 e. The summed E-state index contributed by atoms with van der Waals surface area (Å²) in [5.74, 6) is 0. The first kappa shape index (κ1) is 19.4. The summed E-state index contributed by atoms with van der Waals surface area (Å²) in [5, 5.41) is 20.5. The number of hydrogen-bond donors (Lipinski definition) is 2. The number of H-pyrrole nitrogens is 1. The summed E-state index contributed by atoms with van der Waals surface area (Å²) >= 11 is 0. The Morgan fingerprint density at radius 3 is 2.81 bits per heavy atom. The maximum atomic E-state index is 12.3. The number of benzene rings is 2. The van der Waals surface area contributed by atoms with Crippen LogP contribution in [0.25, 0.3) is 22.0 Å². The van der Waals surface area contributed by atoms with Gasteiger partial charge in [-0.2, -0.15) is 0 Å². The van der Waals surface area contributed by atoms with Gasteiger partial charge in [-0.25, -0.2) is 9.48 Å². The van der Waals surface area contributed by atoms with Crippen LogP contribution in [-0.4, -0.2) is 42.4 Å². The van der Waals surface area contributed by atoms with Gasteiger partial charge in [0.15, 0.2) is 0 Å². The lowest BCUT2D eigenvalue weighted by molar-refractivity contribution is -0.0322. The Labute approximate surface area is 176 Å². The summed E-state index contributed by atoms with van der Waals surface area (Å²) in [6.45, 7) is 1.38. The molecule has 1 saturated heterocycles. The fourth-order valence-corrected chi connectivity index (χ4v) is 4.15. The normalized spacial score (nSPS) is 21.0. The minimum atomic E-state index is -0.640. The molecule has 1 fully saturated rings. The molecule has 31 heavy (non-hydrogen) atoms. The topological polar surface area (TPSA) is 115 Å². The van der Waals surface area contributed by atoms with Gasteiger partial charge in [0.2, 0.25) is 0 Å². The van der Waals surface area contributed by atoms with Gasteiger partial charge in [-0.3, -0.25) is 14.3 Å². The number of aliphatic hydroxyl groups excluding tert-OH is 1. The number of aryl methyl sites for hydroxylation is 1. The van der Waals surface area contributed by atoms with Gasteiger partial charge in [0.25, 0.3) is 5.56 Å². The van der Waals surface area contributed by atoms with Crippen LogP contribution in [0.3, 0.4) is 0 Å². The molecule has 5 rings (SSSR count). The summed E-state index contributed by atoms with van der Waals surface area (Å²) in [4.78, 5) is 26.3. The molecule has 158 valence electrons. The van der Waals surface area contributed by atoms with Crippen LogP contribution in [0.4, 0.5) is 0 Å². The molecule has 0 radical (unpaired) electrons. The van der Waals surface area contributed by atoms with Crippen LogP contribution in [0.5, 0.6) is 0 Å². The zero-order valence-electron chi connectivity index (χ0n) is 16.8. The molecule has 9 nitrogen and oxygen atoms in total. The fourth-order valence-electron chi connectivity index (χ4n) is 4.15. The van der Waals surface area contributed by atoms with Crippen molar-refractivity contribution in [2.24, 2.45) is 0 Å². The number of aromatic nitrogens is 5. The van der Waals surface area contributed by atoms with Crippen molar-refractivity contribution in [2.45, 2.75) is 31.7 Å². The number of hydrogen-bond acceptors (Lipinski definition) is 6. The predicted molar refractivity (Wildman–Crippen MR) is 114 cm³/mol. The molecule has 0 aliphatic carbocycles. The second kappa shape index (κ2) is 7.60. The second-order valence-corrected chi connectivity index (χ2v) is 7.72. The molecule has 0 bridgehead atoms. The van der Waals surface area contributed by atoms with E-state index in [2.05, 4.69) is 27.4 Å². The van der Waals surface area contributed by atoms with Crippen LogP contribution in [-0.2, 0) is 4.74 Å². The van der Waals surface area contributed by atoms with Gasteiger partial charge >= 0.3 is 5.69 Å². The monoisotopic (exact) mass is 419 g/mol. The summed E-state index contributed by atoms with van der Waals surface area (Å²) in [6.07, 6.45) is 2.33. The number of aromatic amines is 1. The predicted octanol–water partition coefficient (Wildman–Crippen LogP) is 1.78. The van der Waals surface area contributed by atoms with Crippen LogP contribution < -0.4 is 11.2 Å². The Kier molecular flexibility index (Phi) is 4.76. The molecule has 9 heteroatoms.